The fraction of sp³-hybridized carbons (Fsp3) is 1.00. The minimum atomic E-state index is -4.89. The molecule has 0 aromatic heterocycles. The first-order valence-electron chi connectivity index (χ1n) is 3.29. The van der Waals surface area contributed by atoms with Crippen LogP contribution in [0.15, 0.2) is 0 Å². The molecule has 6 heteroatoms. The van der Waals surface area contributed by atoms with E-state index in [2.05, 4.69) is 4.74 Å². The number of likely N-dealkylation sites (N-methyl/N-ethyl adjacent to an activating group) is 1. The quantitative estimate of drug-likeness (QED) is 0.483. The molecule has 0 aliphatic heterocycles. The number of hydrogen-bond donors (Lipinski definition) is 0. The maximum Gasteiger partial charge on any atom is 0.525 e. The number of hydrogen-bond acceptors (Lipinski definition) is 1. The molecular formula is C6H12F4NO+. The van der Waals surface area contributed by atoms with Crippen LogP contribution in [-0.2, 0) is 4.74 Å². The van der Waals surface area contributed by atoms with E-state index in [1.807, 2.05) is 0 Å². The van der Waals surface area contributed by atoms with E-state index in [9.17, 15) is 17.6 Å². The predicted molar refractivity (Wildman–Crippen MR) is 34.9 cm³/mol. The van der Waals surface area contributed by atoms with Crippen molar-refractivity contribution in [1.82, 2.24) is 0 Å². The highest BCUT2D eigenvalue weighted by Gasteiger charge is 2.35. The fourth-order valence-electron chi connectivity index (χ4n) is 0.613. The summed E-state index contributed by atoms with van der Waals surface area (Å²) >= 11 is 0. The normalized spacial score (nSPS) is 16.2. The lowest BCUT2D eigenvalue weighted by Crippen LogP contribution is -2.42. The van der Waals surface area contributed by atoms with Crippen molar-refractivity contribution in [2.24, 2.45) is 0 Å². The van der Waals surface area contributed by atoms with E-state index in [-0.39, 0.29) is 11.0 Å². The molecule has 0 aliphatic rings. The van der Waals surface area contributed by atoms with Crippen molar-refractivity contribution in [2.75, 3.05) is 27.7 Å². The van der Waals surface area contributed by atoms with Crippen LogP contribution in [0.25, 0.3) is 0 Å². The number of quaternary nitrogens is 1. The molecule has 0 saturated carbocycles. The molecule has 0 aromatic carbocycles. The highest BCUT2D eigenvalue weighted by atomic mass is 19.4. The van der Waals surface area contributed by atoms with E-state index in [0.717, 1.165) is 0 Å². The van der Waals surface area contributed by atoms with Gasteiger partial charge < -0.3 is 4.48 Å². The van der Waals surface area contributed by atoms with E-state index in [0.29, 0.717) is 0 Å². The molecule has 12 heavy (non-hydrogen) atoms. The van der Waals surface area contributed by atoms with Crippen molar-refractivity contribution < 1.29 is 26.8 Å². The van der Waals surface area contributed by atoms with Gasteiger partial charge in [0.15, 0.2) is 0 Å². The van der Waals surface area contributed by atoms with Crippen LogP contribution in [0.4, 0.5) is 17.6 Å². The smallest absolute Gasteiger partial charge is 0.326 e. The molecular weight excluding hydrogens is 177 g/mol. The number of ether oxygens (including phenoxy) is 1. The van der Waals surface area contributed by atoms with Crippen LogP contribution in [0.5, 0.6) is 0 Å². The van der Waals surface area contributed by atoms with Crippen LogP contribution in [0, 0.1) is 0 Å². The molecule has 1 atom stereocenters. The average molecular weight is 189 g/mol. The van der Waals surface area contributed by atoms with E-state index in [4.69, 9.17) is 0 Å². The number of nitrogens with zero attached hydrogens (tertiary/aromatic N) is 1. The van der Waals surface area contributed by atoms with E-state index in [1.54, 1.807) is 21.1 Å². The van der Waals surface area contributed by atoms with Crippen molar-refractivity contribution in [2.45, 2.75) is 12.7 Å². The van der Waals surface area contributed by atoms with Gasteiger partial charge in [-0.3, -0.25) is 4.74 Å². The van der Waals surface area contributed by atoms with Crippen LogP contribution in [0.1, 0.15) is 0 Å². The zero-order valence-electron chi connectivity index (χ0n) is 7.15. The molecule has 74 valence electrons. The van der Waals surface area contributed by atoms with Crippen LogP contribution in [0.3, 0.4) is 0 Å². The van der Waals surface area contributed by atoms with Gasteiger partial charge in [-0.2, -0.15) is 0 Å². The summed E-state index contributed by atoms with van der Waals surface area (Å²) in [6, 6.07) is 0. The van der Waals surface area contributed by atoms with Gasteiger partial charge in [0, 0.05) is 0 Å². The summed E-state index contributed by atoms with van der Waals surface area (Å²) in [4.78, 5) is 0. The molecule has 2 nitrogen and oxygen atoms in total. The summed E-state index contributed by atoms with van der Waals surface area (Å²) in [7, 11) is 4.73. The van der Waals surface area contributed by atoms with E-state index in [1.165, 1.54) is 0 Å². The third-order valence-electron chi connectivity index (χ3n) is 0.953. The summed E-state index contributed by atoms with van der Waals surface area (Å²) in [6.07, 6.45) is -7.20. The Kier molecular flexibility index (Phi) is 3.46. The first-order chi connectivity index (χ1) is 5.10. The molecule has 0 bridgehead atoms. The minimum absolute atomic E-state index is 0.0806. The first kappa shape index (κ1) is 11.6. The lowest BCUT2D eigenvalue weighted by molar-refractivity contribution is -0.876. The van der Waals surface area contributed by atoms with Crippen LogP contribution in [0.2, 0.25) is 0 Å². The Labute approximate surface area is 68.3 Å². The topological polar surface area (TPSA) is 9.23 Å². The van der Waals surface area contributed by atoms with Crippen molar-refractivity contribution in [1.29, 1.82) is 0 Å². The van der Waals surface area contributed by atoms with Gasteiger partial charge >= 0.3 is 6.36 Å². The van der Waals surface area contributed by atoms with Crippen molar-refractivity contribution in [3.63, 3.8) is 0 Å². The molecule has 1 unspecified atom stereocenters. The van der Waals surface area contributed by atoms with Crippen LogP contribution < -0.4 is 0 Å². The molecule has 0 spiro atoms. The van der Waals surface area contributed by atoms with Gasteiger partial charge in [-0.25, -0.2) is 4.39 Å². The Morgan fingerprint density at radius 3 is 1.92 bits per heavy atom. The minimum Gasteiger partial charge on any atom is -0.326 e. The van der Waals surface area contributed by atoms with Gasteiger partial charge in [0.2, 0.25) is 0 Å². The summed E-state index contributed by atoms with van der Waals surface area (Å²) in [6.45, 7) is -0.334. The third kappa shape index (κ3) is 7.74. The molecule has 0 amide bonds. The maximum absolute atomic E-state index is 12.4. The van der Waals surface area contributed by atoms with Gasteiger partial charge in [-0.05, 0) is 0 Å². The number of halogens is 4. The van der Waals surface area contributed by atoms with E-state index < -0.39 is 12.7 Å². The summed E-state index contributed by atoms with van der Waals surface area (Å²) in [5.41, 5.74) is 0. The molecule has 0 rings (SSSR count). The van der Waals surface area contributed by atoms with Crippen molar-refractivity contribution >= 4 is 0 Å². The zero-order valence-corrected chi connectivity index (χ0v) is 7.15. The Morgan fingerprint density at radius 2 is 1.67 bits per heavy atom. The maximum atomic E-state index is 12.4. The molecule has 0 heterocycles. The second-order valence-electron chi connectivity index (χ2n) is 3.45. The van der Waals surface area contributed by atoms with Gasteiger partial charge in [0.1, 0.15) is 6.54 Å². The highest BCUT2D eigenvalue weighted by molar-refractivity contribution is 4.39. The van der Waals surface area contributed by atoms with Crippen molar-refractivity contribution in [3.05, 3.63) is 0 Å². The van der Waals surface area contributed by atoms with Gasteiger partial charge in [-0.1, -0.05) is 0 Å². The fourth-order valence-corrected chi connectivity index (χ4v) is 0.613. The third-order valence-corrected chi connectivity index (χ3v) is 0.953. The monoisotopic (exact) mass is 189 g/mol. The largest absolute Gasteiger partial charge is 0.525 e. The molecule has 0 radical (unpaired) electrons. The summed E-state index contributed by atoms with van der Waals surface area (Å²) in [5, 5.41) is 0. The first-order valence-corrected chi connectivity index (χ1v) is 3.29. The molecule has 0 aliphatic carbocycles. The lowest BCUT2D eigenvalue weighted by Gasteiger charge is -2.25. The molecule has 0 N–H and O–H groups in total. The molecule has 0 saturated heterocycles. The molecule has 0 fully saturated rings. The Hall–Kier alpha value is -0.360. The SMILES string of the molecule is C[N+](C)(C)CC([18F])OC(F)(F)F. The number of alkyl halides is 4. The summed E-state index contributed by atoms with van der Waals surface area (Å²) < 4.78 is 49.9. The Morgan fingerprint density at radius 1 is 1.25 bits per heavy atom. The van der Waals surface area contributed by atoms with Crippen LogP contribution in [-0.4, -0.2) is 44.9 Å². The van der Waals surface area contributed by atoms with Gasteiger partial charge in [0.05, 0.1) is 21.1 Å². The highest BCUT2D eigenvalue weighted by Crippen LogP contribution is 2.20. The van der Waals surface area contributed by atoms with E-state index >= 15 is 0 Å². The van der Waals surface area contributed by atoms with Gasteiger partial charge in [-0.15, -0.1) is 13.2 Å². The zero-order chi connectivity index (χ0) is 9.99. The standard InChI is InChI=1S/C6H12F4NO/c1-11(2,3)4-5(7)12-6(8,9)10/h5H,4H2,1-3H3/q+1/i7-1. The summed E-state index contributed by atoms with van der Waals surface area (Å²) in [5.74, 6) is 0. The average Bonchev–Trinajstić information content (AvgIpc) is 1.49. The Bertz CT molecular complexity index is 123. The second kappa shape index (κ2) is 3.57. The van der Waals surface area contributed by atoms with Gasteiger partial charge in [0.25, 0.3) is 6.36 Å². The second-order valence-corrected chi connectivity index (χ2v) is 3.45. The van der Waals surface area contributed by atoms with Crippen molar-refractivity contribution in [3.8, 4) is 0 Å². The molecule has 0 aromatic rings. The Balaban J connectivity index is 3.83. The predicted octanol–water partition coefficient (Wildman–Crippen LogP) is 1.52. The number of rotatable bonds is 3. The van der Waals surface area contributed by atoms with Crippen LogP contribution >= 0.6 is 0 Å². The lowest BCUT2D eigenvalue weighted by atomic mass is 10.5.